The van der Waals surface area contributed by atoms with Crippen LogP contribution >= 0.6 is 34.8 Å². The van der Waals surface area contributed by atoms with Gasteiger partial charge in [0, 0.05) is 0 Å². The third kappa shape index (κ3) is 4.50. The normalized spacial score (nSPS) is 23.7. The second-order valence-electron chi connectivity index (χ2n) is 10.5. The standard InChI is InChI=1S/C22H33Cl3/c1-13-10-14(19(2,3)4)17(15(11-13)20(5,6)7)18-16(21(18,8)9)12-22(23,24)25/h10-11,16,18H,12H2,1-9H3. The summed E-state index contributed by atoms with van der Waals surface area (Å²) in [4.78, 5) is 0. The Bertz CT molecular complexity index is 616. The summed E-state index contributed by atoms with van der Waals surface area (Å²) < 4.78 is -1.19. The van der Waals surface area contributed by atoms with E-state index in [2.05, 4.69) is 74.4 Å². The highest BCUT2D eigenvalue weighted by atomic mass is 35.6. The van der Waals surface area contributed by atoms with Crippen molar-refractivity contribution >= 4 is 34.8 Å². The molecule has 25 heavy (non-hydrogen) atoms. The van der Waals surface area contributed by atoms with Gasteiger partial charge in [0.2, 0.25) is 0 Å². The molecule has 142 valence electrons. The van der Waals surface area contributed by atoms with Gasteiger partial charge in [-0.1, -0.05) is 108 Å². The van der Waals surface area contributed by atoms with Crippen LogP contribution in [0.3, 0.4) is 0 Å². The summed E-state index contributed by atoms with van der Waals surface area (Å²) in [5.41, 5.74) is 6.04. The van der Waals surface area contributed by atoms with Gasteiger partial charge in [-0.25, -0.2) is 0 Å². The molecule has 1 fully saturated rings. The maximum Gasteiger partial charge on any atom is 0.190 e. The van der Waals surface area contributed by atoms with Gasteiger partial charge in [0.25, 0.3) is 0 Å². The van der Waals surface area contributed by atoms with Gasteiger partial charge in [0.05, 0.1) is 0 Å². The number of halogens is 3. The molecule has 0 bridgehead atoms. The molecule has 0 N–H and O–H groups in total. The first-order valence-electron chi connectivity index (χ1n) is 9.18. The van der Waals surface area contributed by atoms with E-state index in [9.17, 15) is 0 Å². The van der Waals surface area contributed by atoms with Gasteiger partial charge in [0.15, 0.2) is 3.79 Å². The molecule has 0 aliphatic heterocycles. The van der Waals surface area contributed by atoms with Gasteiger partial charge in [-0.15, -0.1) is 0 Å². The van der Waals surface area contributed by atoms with Crippen molar-refractivity contribution in [3.63, 3.8) is 0 Å². The van der Waals surface area contributed by atoms with Crippen molar-refractivity contribution in [1.82, 2.24) is 0 Å². The SMILES string of the molecule is Cc1cc(C(C)(C)C)c(C2C(CC(Cl)(Cl)Cl)C2(C)C)c(C(C)(C)C)c1. The summed E-state index contributed by atoms with van der Waals surface area (Å²) in [6.07, 6.45) is 0.608. The Balaban J connectivity index is 2.68. The van der Waals surface area contributed by atoms with Gasteiger partial charge in [-0.05, 0) is 58.1 Å². The molecule has 1 aromatic carbocycles. The van der Waals surface area contributed by atoms with E-state index in [1.54, 1.807) is 0 Å². The number of hydrogen-bond acceptors (Lipinski definition) is 0. The number of alkyl halides is 3. The molecule has 1 aliphatic carbocycles. The summed E-state index contributed by atoms with van der Waals surface area (Å²) in [5.74, 6) is 0.831. The summed E-state index contributed by atoms with van der Waals surface area (Å²) >= 11 is 18.5. The predicted octanol–water partition coefficient (Wildman–Crippen LogP) is 8.09. The molecule has 0 saturated heterocycles. The quantitative estimate of drug-likeness (QED) is 0.437. The molecule has 2 rings (SSSR count). The lowest BCUT2D eigenvalue weighted by Crippen LogP contribution is -2.22. The minimum Gasteiger partial charge on any atom is -0.0837 e. The molecular formula is C22H33Cl3. The van der Waals surface area contributed by atoms with Gasteiger partial charge in [-0.2, -0.15) is 0 Å². The van der Waals surface area contributed by atoms with E-state index in [1.165, 1.54) is 22.3 Å². The minimum absolute atomic E-state index is 0.0879. The molecule has 1 aliphatic rings. The molecule has 2 unspecified atom stereocenters. The van der Waals surface area contributed by atoms with Crippen LogP contribution in [0.1, 0.15) is 90.0 Å². The molecule has 0 nitrogen and oxygen atoms in total. The van der Waals surface area contributed by atoms with Crippen LogP contribution in [-0.4, -0.2) is 3.79 Å². The zero-order chi connectivity index (χ0) is 19.6. The number of rotatable bonds is 2. The lowest BCUT2D eigenvalue weighted by molar-refractivity contribution is 0.526. The van der Waals surface area contributed by atoms with Crippen molar-refractivity contribution in [2.24, 2.45) is 11.3 Å². The Labute approximate surface area is 169 Å². The second kappa shape index (κ2) is 6.32. The highest BCUT2D eigenvalue weighted by Gasteiger charge is 2.61. The fourth-order valence-corrected chi connectivity index (χ4v) is 4.82. The Hall–Kier alpha value is 0.0900. The topological polar surface area (TPSA) is 0 Å². The van der Waals surface area contributed by atoms with Crippen LogP contribution in [-0.2, 0) is 10.8 Å². The van der Waals surface area contributed by atoms with Gasteiger partial charge in [0.1, 0.15) is 0 Å². The van der Waals surface area contributed by atoms with E-state index in [0.717, 1.165) is 0 Å². The summed E-state index contributed by atoms with van der Waals surface area (Å²) in [7, 11) is 0. The predicted molar refractivity (Wildman–Crippen MR) is 113 cm³/mol. The summed E-state index contributed by atoms with van der Waals surface area (Å²) in [6.45, 7) is 20.6. The number of aryl methyl sites for hydroxylation is 1. The molecule has 3 heteroatoms. The Morgan fingerprint density at radius 3 is 1.60 bits per heavy atom. The first-order valence-corrected chi connectivity index (χ1v) is 10.3. The maximum absolute atomic E-state index is 6.16. The van der Waals surface area contributed by atoms with Crippen molar-refractivity contribution < 1.29 is 0 Å². The van der Waals surface area contributed by atoms with E-state index in [1.807, 2.05) is 0 Å². The second-order valence-corrected chi connectivity index (χ2v) is 13.0. The zero-order valence-electron chi connectivity index (χ0n) is 17.2. The number of hydrogen-bond donors (Lipinski definition) is 0. The van der Waals surface area contributed by atoms with Crippen molar-refractivity contribution in [1.29, 1.82) is 0 Å². The van der Waals surface area contributed by atoms with Gasteiger partial charge in [-0.3, -0.25) is 0 Å². The van der Waals surface area contributed by atoms with Crippen LogP contribution in [0.4, 0.5) is 0 Å². The van der Waals surface area contributed by atoms with E-state index < -0.39 is 3.79 Å². The van der Waals surface area contributed by atoms with Crippen molar-refractivity contribution in [3.8, 4) is 0 Å². The molecular weight excluding hydrogens is 371 g/mol. The largest absolute Gasteiger partial charge is 0.190 e. The van der Waals surface area contributed by atoms with Crippen LogP contribution in [0.2, 0.25) is 0 Å². The number of benzene rings is 1. The van der Waals surface area contributed by atoms with E-state index in [0.29, 0.717) is 18.3 Å². The average molecular weight is 404 g/mol. The Morgan fingerprint density at radius 1 is 0.880 bits per heavy atom. The summed E-state index contributed by atoms with van der Waals surface area (Å²) in [6, 6.07) is 4.73. The lowest BCUT2D eigenvalue weighted by Gasteiger charge is -2.32. The molecule has 0 aromatic heterocycles. The van der Waals surface area contributed by atoms with Crippen molar-refractivity contribution in [2.75, 3.05) is 0 Å². The van der Waals surface area contributed by atoms with Crippen LogP contribution in [0, 0.1) is 18.3 Å². The molecule has 0 amide bonds. The van der Waals surface area contributed by atoms with Gasteiger partial charge < -0.3 is 0 Å². The first-order chi connectivity index (χ1) is 11.0. The Morgan fingerprint density at radius 2 is 1.28 bits per heavy atom. The fraction of sp³-hybridized carbons (Fsp3) is 0.727. The maximum atomic E-state index is 6.16. The molecule has 1 saturated carbocycles. The van der Waals surface area contributed by atoms with E-state index in [4.69, 9.17) is 34.8 Å². The van der Waals surface area contributed by atoms with E-state index in [-0.39, 0.29) is 16.2 Å². The van der Waals surface area contributed by atoms with Gasteiger partial charge >= 0.3 is 0 Å². The van der Waals surface area contributed by atoms with Crippen LogP contribution in [0.25, 0.3) is 0 Å². The minimum atomic E-state index is -1.19. The fourth-order valence-electron chi connectivity index (χ4n) is 4.32. The smallest absolute Gasteiger partial charge is 0.0837 e. The molecule has 0 heterocycles. The monoisotopic (exact) mass is 402 g/mol. The summed E-state index contributed by atoms with van der Waals surface area (Å²) in [5, 5.41) is 0. The molecule has 0 spiro atoms. The zero-order valence-corrected chi connectivity index (χ0v) is 19.4. The van der Waals surface area contributed by atoms with Crippen molar-refractivity contribution in [3.05, 3.63) is 34.4 Å². The third-order valence-corrected chi connectivity index (χ3v) is 6.22. The highest BCUT2D eigenvalue weighted by molar-refractivity contribution is 6.67. The lowest BCUT2D eigenvalue weighted by atomic mass is 9.73. The molecule has 0 radical (unpaired) electrons. The first kappa shape index (κ1) is 21.4. The molecule has 1 aromatic rings. The van der Waals surface area contributed by atoms with Crippen LogP contribution < -0.4 is 0 Å². The highest BCUT2D eigenvalue weighted by Crippen LogP contribution is 2.69. The average Bonchev–Trinajstić information content (AvgIpc) is 2.85. The molecule has 2 atom stereocenters. The van der Waals surface area contributed by atoms with Crippen molar-refractivity contribution in [2.45, 2.75) is 89.3 Å². The van der Waals surface area contributed by atoms with Crippen LogP contribution in [0.15, 0.2) is 12.1 Å². The Kier molecular flexibility index (Phi) is 5.41. The van der Waals surface area contributed by atoms with E-state index >= 15 is 0 Å². The third-order valence-electron chi connectivity index (χ3n) is 5.75. The van der Waals surface area contributed by atoms with Crippen LogP contribution in [0.5, 0.6) is 0 Å².